The number of ether oxygens (including phenoxy) is 2. The Bertz CT molecular complexity index is 2580. The van der Waals surface area contributed by atoms with E-state index in [1.807, 2.05) is 18.4 Å². The zero-order valence-corrected chi connectivity index (χ0v) is 37.4. The Morgan fingerprint density at radius 2 is 1.74 bits per heavy atom. The van der Waals surface area contributed by atoms with Gasteiger partial charge in [-0.05, 0) is 133 Å². The predicted molar refractivity (Wildman–Crippen MR) is 240 cm³/mol. The van der Waals surface area contributed by atoms with Crippen LogP contribution in [0.4, 0.5) is 35.0 Å². The lowest BCUT2D eigenvalue weighted by Gasteiger charge is -2.34. The molecule has 0 atom stereocenters. The van der Waals surface area contributed by atoms with E-state index < -0.39 is 40.7 Å². The Labute approximate surface area is 379 Å². The van der Waals surface area contributed by atoms with Gasteiger partial charge in [0.05, 0.1) is 46.1 Å². The third-order valence-corrected chi connectivity index (χ3v) is 12.5. The number of benzene rings is 3. The van der Waals surface area contributed by atoms with Gasteiger partial charge in [0.15, 0.2) is 10.9 Å². The fourth-order valence-electron chi connectivity index (χ4n) is 8.74. The molecule has 1 aromatic heterocycles. The number of amides is 5. The van der Waals surface area contributed by atoms with Crippen LogP contribution in [0.25, 0.3) is 10.9 Å². The van der Waals surface area contributed by atoms with Gasteiger partial charge in [-0.25, -0.2) is 4.79 Å². The lowest BCUT2D eigenvalue weighted by atomic mass is 9.96. The normalized spacial score (nSPS) is 17.2. The fraction of sp³-hybridized carbons (Fsp3) is 0.413. The van der Waals surface area contributed by atoms with Crippen molar-refractivity contribution in [1.82, 2.24) is 19.7 Å². The molecule has 0 unspecified atom stereocenters. The number of carbonyl (C=O) groups excluding carboxylic acids is 5. The third kappa shape index (κ3) is 9.36. The van der Waals surface area contributed by atoms with E-state index in [-0.39, 0.29) is 47.4 Å². The van der Waals surface area contributed by atoms with Crippen molar-refractivity contribution in [2.45, 2.75) is 71.1 Å². The molecule has 15 nitrogen and oxygen atoms in total. The molecule has 0 saturated carbocycles. The number of carbonyl (C=O) groups is 5. The van der Waals surface area contributed by atoms with Gasteiger partial charge in [0.25, 0.3) is 18.3 Å². The second-order valence-electron chi connectivity index (χ2n) is 17.2. The molecule has 4 heterocycles. The number of alkyl halides is 3. The van der Waals surface area contributed by atoms with Gasteiger partial charge in [0.1, 0.15) is 11.3 Å². The van der Waals surface area contributed by atoms with Crippen molar-refractivity contribution in [3.05, 3.63) is 77.5 Å². The summed E-state index contributed by atoms with van der Waals surface area (Å²) in [5, 5.41) is 12.0. The van der Waals surface area contributed by atoms with Crippen LogP contribution in [-0.4, -0.2) is 102 Å². The molecule has 3 aliphatic rings. The summed E-state index contributed by atoms with van der Waals surface area (Å²) in [7, 11) is 1.76. The summed E-state index contributed by atoms with van der Waals surface area (Å²) in [4.78, 5) is 72.2. The monoisotopic (exact) mass is 914 g/mol. The van der Waals surface area contributed by atoms with E-state index in [4.69, 9.17) is 21.7 Å². The Hall–Kier alpha value is -6.52. The van der Waals surface area contributed by atoms with E-state index in [0.29, 0.717) is 53.2 Å². The van der Waals surface area contributed by atoms with Crippen LogP contribution in [0.2, 0.25) is 0 Å². The SMILES string of the molecule is CC(C)n1cc(OC=O)c2c(N3CCC(=O)NC3=O)cc(C(=O)N(C)CC3CCN(CCCOc4ccc(N5C(=S)N(c6ccc(C#N)c(C(F)(F)F)c6)C(=O)C5(C)C)cc4)CC3)cc21. The number of hydrogen-bond donors (Lipinski definition) is 1. The van der Waals surface area contributed by atoms with Crippen molar-refractivity contribution in [2.24, 2.45) is 5.92 Å². The van der Waals surface area contributed by atoms with Gasteiger partial charge in [0.2, 0.25) is 5.91 Å². The Kier molecular flexibility index (Phi) is 13.2. The largest absolute Gasteiger partial charge is 0.494 e. The Morgan fingerprint density at radius 1 is 1.05 bits per heavy atom. The van der Waals surface area contributed by atoms with Crippen LogP contribution in [0.15, 0.2) is 60.8 Å². The summed E-state index contributed by atoms with van der Waals surface area (Å²) < 4.78 is 54.5. The van der Waals surface area contributed by atoms with Crippen molar-refractivity contribution in [3.63, 3.8) is 0 Å². The average molecular weight is 915 g/mol. The molecular formula is C46H49F3N8O7S. The Morgan fingerprint density at radius 3 is 2.37 bits per heavy atom. The number of fused-ring (bicyclic) bond motifs is 1. The molecule has 0 bridgehead atoms. The first kappa shape index (κ1) is 46.5. The van der Waals surface area contributed by atoms with Crippen LogP contribution in [0.5, 0.6) is 11.5 Å². The highest BCUT2D eigenvalue weighted by atomic mass is 32.1. The highest BCUT2D eigenvalue weighted by Crippen LogP contribution is 2.42. The highest BCUT2D eigenvalue weighted by molar-refractivity contribution is 7.81. The summed E-state index contributed by atoms with van der Waals surface area (Å²) >= 11 is 5.65. The lowest BCUT2D eigenvalue weighted by Crippen LogP contribution is -2.49. The number of rotatable bonds is 14. The number of likely N-dealkylation sites (tertiary alicyclic amines) is 1. The number of nitrogens with zero attached hydrogens (tertiary/aromatic N) is 7. The van der Waals surface area contributed by atoms with Crippen molar-refractivity contribution in [3.8, 4) is 17.6 Å². The van der Waals surface area contributed by atoms with E-state index in [1.165, 1.54) is 11.0 Å². The number of anilines is 3. The number of urea groups is 1. The first-order valence-corrected chi connectivity index (χ1v) is 21.7. The van der Waals surface area contributed by atoms with Crippen LogP contribution >= 0.6 is 12.2 Å². The van der Waals surface area contributed by atoms with Crippen LogP contribution in [0.3, 0.4) is 0 Å². The molecule has 65 heavy (non-hydrogen) atoms. The molecule has 3 fully saturated rings. The minimum absolute atomic E-state index is 0.00431. The molecule has 3 saturated heterocycles. The van der Waals surface area contributed by atoms with Crippen molar-refractivity contribution in [1.29, 1.82) is 5.26 Å². The van der Waals surface area contributed by atoms with E-state index >= 15 is 0 Å². The number of nitrogens with one attached hydrogen (secondary N) is 1. The van der Waals surface area contributed by atoms with Gasteiger partial charge in [-0.15, -0.1) is 0 Å². The maximum absolute atomic E-state index is 14.0. The number of hydrogen-bond acceptors (Lipinski definition) is 10. The molecule has 3 aliphatic heterocycles. The molecule has 0 aliphatic carbocycles. The predicted octanol–water partition coefficient (Wildman–Crippen LogP) is 7.26. The van der Waals surface area contributed by atoms with Crippen LogP contribution < -0.4 is 29.5 Å². The molecule has 4 aromatic rings. The fourth-order valence-corrected chi connectivity index (χ4v) is 9.26. The lowest BCUT2D eigenvalue weighted by molar-refractivity contribution is -0.137. The van der Waals surface area contributed by atoms with Gasteiger partial charge >= 0.3 is 12.2 Å². The highest BCUT2D eigenvalue weighted by Gasteiger charge is 2.51. The number of imide groups is 1. The summed E-state index contributed by atoms with van der Waals surface area (Å²) in [6.45, 7) is 11.1. The summed E-state index contributed by atoms with van der Waals surface area (Å²) in [6.07, 6.45) is -0.517. The van der Waals surface area contributed by atoms with E-state index in [1.54, 1.807) is 79.4 Å². The molecule has 5 amide bonds. The number of thiocarbonyl (C=S) groups is 1. The molecule has 0 spiro atoms. The van der Waals surface area contributed by atoms with Crippen LogP contribution in [0.1, 0.15) is 80.9 Å². The first-order chi connectivity index (χ1) is 30.8. The smallest absolute Gasteiger partial charge is 0.417 e. The standard InChI is InChI=1S/C46H49F3N8O7S/c1-28(2)55-26-38(64-27-58)40-36(54-19-15-39(59)51-43(54)62)21-31(22-37(40)55)41(60)52(5)25-29-13-17-53(18-14-29)16-6-20-63-34-11-9-32(10-12-34)57-44(65)56(42(61)45(57,3)4)33-8-7-30(24-50)35(23-33)46(47,48)49/h7-12,21-23,26-29H,6,13-20,25H2,1-5H3,(H,51,59,62). The van der Waals surface area contributed by atoms with E-state index in [0.717, 1.165) is 55.9 Å². The minimum Gasteiger partial charge on any atom is -0.494 e. The van der Waals surface area contributed by atoms with Crippen molar-refractivity contribution in [2.75, 3.05) is 61.1 Å². The summed E-state index contributed by atoms with van der Waals surface area (Å²) in [6, 6.07) is 14.3. The Balaban J connectivity index is 0.917. The molecule has 1 N–H and O–H groups in total. The average Bonchev–Trinajstić information content (AvgIpc) is 3.72. The van der Waals surface area contributed by atoms with Gasteiger partial charge < -0.3 is 28.7 Å². The zero-order chi connectivity index (χ0) is 47.0. The third-order valence-electron chi connectivity index (χ3n) is 12.1. The molecular weight excluding hydrogens is 866 g/mol. The van der Waals surface area contributed by atoms with E-state index in [9.17, 15) is 42.4 Å². The number of aromatic nitrogens is 1. The number of nitriles is 1. The second kappa shape index (κ2) is 18.5. The van der Waals surface area contributed by atoms with Gasteiger partial charge in [-0.1, -0.05) is 0 Å². The van der Waals surface area contributed by atoms with E-state index in [2.05, 4.69) is 10.2 Å². The maximum Gasteiger partial charge on any atom is 0.417 e. The molecule has 342 valence electrons. The molecule has 0 radical (unpaired) electrons. The van der Waals surface area contributed by atoms with Crippen molar-refractivity contribution >= 4 is 75.5 Å². The number of piperidine rings is 1. The van der Waals surface area contributed by atoms with Gasteiger partial charge in [0, 0.05) is 56.6 Å². The molecule has 7 rings (SSSR count). The first-order valence-electron chi connectivity index (χ1n) is 21.2. The quantitative estimate of drug-likeness (QED) is 0.0771. The van der Waals surface area contributed by atoms with Crippen LogP contribution in [-0.2, 0) is 20.6 Å². The minimum atomic E-state index is -4.80. The number of halogens is 3. The van der Waals surface area contributed by atoms with Gasteiger partial charge in [-0.2, -0.15) is 18.4 Å². The van der Waals surface area contributed by atoms with Gasteiger partial charge in [-0.3, -0.25) is 34.3 Å². The summed E-state index contributed by atoms with van der Waals surface area (Å²) in [5.74, 6) is -0.0304. The summed E-state index contributed by atoms with van der Waals surface area (Å²) in [5.41, 5.74) is -1.10. The molecule has 3 aromatic carbocycles. The zero-order valence-electron chi connectivity index (χ0n) is 36.6. The second-order valence-corrected chi connectivity index (χ2v) is 17.5. The van der Waals surface area contributed by atoms with Crippen LogP contribution in [0, 0.1) is 17.2 Å². The molecule has 19 heteroatoms. The van der Waals surface area contributed by atoms with Crippen molar-refractivity contribution < 1.29 is 46.6 Å². The maximum atomic E-state index is 14.0. The topological polar surface area (TPSA) is 161 Å².